The van der Waals surface area contributed by atoms with Crippen molar-refractivity contribution in [3.8, 4) is 0 Å². The van der Waals surface area contributed by atoms with Crippen LogP contribution in [0.25, 0.3) is 11.0 Å². The lowest BCUT2D eigenvalue weighted by Crippen LogP contribution is -2.37. The highest BCUT2D eigenvalue weighted by Gasteiger charge is 2.45. The summed E-state index contributed by atoms with van der Waals surface area (Å²) in [7, 11) is 0. The van der Waals surface area contributed by atoms with E-state index in [1.54, 1.807) is 10.9 Å². The van der Waals surface area contributed by atoms with Gasteiger partial charge in [0.15, 0.2) is 0 Å². The van der Waals surface area contributed by atoms with Crippen molar-refractivity contribution in [3.05, 3.63) is 66.5 Å². The maximum atomic E-state index is 12.6. The second-order valence-electron chi connectivity index (χ2n) is 5.48. The summed E-state index contributed by atoms with van der Waals surface area (Å²) < 4.78 is 1.58. The molecule has 1 fully saturated rings. The van der Waals surface area contributed by atoms with Gasteiger partial charge in [-0.05, 0) is 30.5 Å². The van der Waals surface area contributed by atoms with Crippen LogP contribution in [0.1, 0.15) is 18.4 Å². The fraction of sp³-hybridized carbons (Fsp3) is 0.176. The molecule has 1 amide bonds. The van der Waals surface area contributed by atoms with E-state index in [-0.39, 0.29) is 11.6 Å². The van der Waals surface area contributed by atoms with E-state index < -0.39 is 0 Å². The topological polar surface area (TPSA) is 46.9 Å². The number of fused-ring (bicyclic) bond motifs is 1. The lowest BCUT2D eigenvalue weighted by Gasteiger charge is -2.18. The van der Waals surface area contributed by atoms with Crippen LogP contribution in [0.3, 0.4) is 0 Å². The minimum Gasteiger partial charge on any atom is -0.328 e. The summed E-state index contributed by atoms with van der Waals surface area (Å²) in [5.41, 5.74) is 2.63. The number of amides is 1. The number of hydrogen-bond donors (Lipinski definition) is 1. The molecule has 0 spiro atoms. The number of rotatable bonds is 2. The molecule has 21 heavy (non-hydrogen) atoms. The Morgan fingerprint density at radius 3 is 2.52 bits per heavy atom. The molecular formula is C17H15N3O. The zero-order chi connectivity index (χ0) is 14.3. The lowest BCUT2D eigenvalue weighted by molar-refractivity contribution is 0.238. The quantitative estimate of drug-likeness (QED) is 0.781. The number of carbonyl (C=O) groups is 1. The molecule has 1 heterocycles. The average molecular weight is 277 g/mol. The molecular weight excluding hydrogens is 262 g/mol. The van der Waals surface area contributed by atoms with Crippen LogP contribution in [0.2, 0.25) is 0 Å². The predicted octanol–water partition coefficient (Wildman–Crippen LogP) is 3.28. The second-order valence-corrected chi connectivity index (χ2v) is 5.48. The molecule has 1 N–H and O–H groups in total. The first-order valence-corrected chi connectivity index (χ1v) is 7.09. The van der Waals surface area contributed by atoms with Crippen LogP contribution in [0.15, 0.2) is 60.9 Å². The van der Waals surface area contributed by atoms with Gasteiger partial charge in [0.25, 0.3) is 0 Å². The summed E-state index contributed by atoms with van der Waals surface area (Å²) in [6, 6.07) is 17.7. The van der Waals surface area contributed by atoms with Gasteiger partial charge in [-0.25, -0.2) is 9.78 Å². The molecule has 0 saturated heterocycles. The summed E-state index contributed by atoms with van der Waals surface area (Å²) >= 11 is 0. The maximum absolute atomic E-state index is 12.6. The van der Waals surface area contributed by atoms with Crippen molar-refractivity contribution in [1.29, 1.82) is 0 Å². The number of nitrogens with one attached hydrogen (secondary N) is 1. The normalized spacial score (nSPS) is 15.8. The number of para-hydroxylation sites is 2. The molecule has 0 atom stereocenters. The fourth-order valence-corrected chi connectivity index (χ4v) is 2.75. The minimum absolute atomic E-state index is 0.120. The van der Waals surface area contributed by atoms with E-state index in [1.165, 1.54) is 5.56 Å². The number of benzene rings is 2. The summed E-state index contributed by atoms with van der Waals surface area (Å²) in [4.78, 5) is 16.8. The second kappa shape index (κ2) is 4.45. The highest BCUT2D eigenvalue weighted by molar-refractivity contribution is 5.89. The first kappa shape index (κ1) is 12.1. The van der Waals surface area contributed by atoms with E-state index >= 15 is 0 Å². The number of hydrogen-bond acceptors (Lipinski definition) is 2. The van der Waals surface area contributed by atoms with Gasteiger partial charge in [-0.1, -0.05) is 42.5 Å². The number of nitrogens with zero attached hydrogens (tertiary/aromatic N) is 2. The van der Waals surface area contributed by atoms with Gasteiger partial charge in [-0.3, -0.25) is 4.57 Å². The van der Waals surface area contributed by atoms with Crippen LogP contribution in [0.5, 0.6) is 0 Å². The van der Waals surface area contributed by atoms with E-state index in [2.05, 4.69) is 22.4 Å². The fourth-order valence-electron chi connectivity index (χ4n) is 2.75. The molecule has 0 radical (unpaired) electrons. The van der Waals surface area contributed by atoms with Crippen molar-refractivity contribution < 1.29 is 4.79 Å². The molecule has 2 aromatic carbocycles. The van der Waals surface area contributed by atoms with Gasteiger partial charge < -0.3 is 5.32 Å². The highest BCUT2D eigenvalue weighted by Crippen LogP contribution is 2.45. The monoisotopic (exact) mass is 277 g/mol. The number of imidazole rings is 1. The third-order valence-electron chi connectivity index (χ3n) is 4.09. The third kappa shape index (κ3) is 2.00. The van der Waals surface area contributed by atoms with E-state index in [0.29, 0.717) is 0 Å². The molecule has 1 aromatic heterocycles. The van der Waals surface area contributed by atoms with Crippen molar-refractivity contribution in [3.63, 3.8) is 0 Å². The Morgan fingerprint density at radius 2 is 1.76 bits per heavy atom. The Hall–Kier alpha value is -2.62. The van der Waals surface area contributed by atoms with Gasteiger partial charge >= 0.3 is 6.03 Å². The Bertz CT molecular complexity index is 803. The van der Waals surface area contributed by atoms with Crippen molar-refractivity contribution in [2.45, 2.75) is 18.4 Å². The first-order valence-electron chi connectivity index (χ1n) is 7.09. The molecule has 1 saturated carbocycles. The standard InChI is InChI=1S/C17H15N3O/c21-16(20-12-18-14-8-4-5-9-15(14)20)19-17(10-11-17)13-6-2-1-3-7-13/h1-9,12H,10-11H2,(H,19,21). The van der Waals surface area contributed by atoms with Gasteiger partial charge in [-0.2, -0.15) is 0 Å². The van der Waals surface area contributed by atoms with E-state index in [1.807, 2.05) is 42.5 Å². The first-order chi connectivity index (χ1) is 10.3. The van der Waals surface area contributed by atoms with Crippen molar-refractivity contribution in [1.82, 2.24) is 14.9 Å². The van der Waals surface area contributed by atoms with Gasteiger partial charge in [0.2, 0.25) is 0 Å². The Labute approximate surface area is 122 Å². The minimum atomic E-state index is -0.205. The van der Waals surface area contributed by atoms with Gasteiger partial charge in [0.05, 0.1) is 16.6 Å². The van der Waals surface area contributed by atoms with Gasteiger partial charge in [-0.15, -0.1) is 0 Å². The zero-order valence-electron chi connectivity index (χ0n) is 11.5. The van der Waals surface area contributed by atoms with Crippen LogP contribution < -0.4 is 5.32 Å². The predicted molar refractivity (Wildman–Crippen MR) is 81.0 cm³/mol. The van der Waals surface area contributed by atoms with E-state index in [9.17, 15) is 4.79 Å². The number of carbonyl (C=O) groups excluding carboxylic acids is 1. The molecule has 0 bridgehead atoms. The Morgan fingerprint density at radius 1 is 1.05 bits per heavy atom. The zero-order valence-corrected chi connectivity index (χ0v) is 11.5. The molecule has 3 aromatic rings. The van der Waals surface area contributed by atoms with Crippen molar-refractivity contribution >= 4 is 17.1 Å². The summed E-state index contributed by atoms with van der Waals surface area (Å²) in [5, 5.41) is 3.16. The summed E-state index contributed by atoms with van der Waals surface area (Å²) in [6.45, 7) is 0. The SMILES string of the molecule is O=C(NC1(c2ccccc2)CC1)n1cnc2ccccc21. The molecule has 1 aliphatic rings. The summed E-state index contributed by atoms with van der Waals surface area (Å²) in [6.07, 6.45) is 3.55. The van der Waals surface area contributed by atoms with E-state index in [0.717, 1.165) is 23.9 Å². The van der Waals surface area contributed by atoms with Crippen LogP contribution >= 0.6 is 0 Å². The maximum Gasteiger partial charge on any atom is 0.328 e. The Balaban J connectivity index is 1.65. The Kier molecular flexibility index (Phi) is 2.57. The molecule has 104 valence electrons. The van der Waals surface area contributed by atoms with E-state index in [4.69, 9.17) is 0 Å². The molecule has 0 unspecified atom stereocenters. The largest absolute Gasteiger partial charge is 0.328 e. The smallest absolute Gasteiger partial charge is 0.328 e. The lowest BCUT2D eigenvalue weighted by atomic mass is 10.1. The average Bonchev–Trinajstić information content (AvgIpc) is 3.18. The third-order valence-corrected chi connectivity index (χ3v) is 4.09. The van der Waals surface area contributed by atoms with Crippen LogP contribution in [-0.2, 0) is 5.54 Å². The molecule has 1 aliphatic carbocycles. The molecule has 0 aliphatic heterocycles. The molecule has 4 heteroatoms. The van der Waals surface area contributed by atoms with Crippen LogP contribution in [-0.4, -0.2) is 15.6 Å². The summed E-state index contributed by atoms with van der Waals surface area (Å²) in [5.74, 6) is 0. The number of aromatic nitrogens is 2. The van der Waals surface area contributed by atoms with Gasteiger partial charge in [0.1, 0.15) is 6.33 Å². The molecule has 4 nitrogen and oxygen atoms in total. The highest BCUT2D eigenvalue weighted by atomic mass is 16.2. The molecule has 4 rings (SSSR count). The van der Waals surface area contributed by atoms with Crippen molar-refractivity contribution in [2.75, 3.05) is 0 Å². The van der Waals surface area contributed by atoms with Crippen molar-refractivity contribution in [2.24, 2.45) is 0 Å². The van der Waals surface area contributed by atoms with Gasteiger partial charge in [0, 0.05) is 0 Å². The van der Waals surface area contributed by atoms with Crippen LogP contribution in [0.4, 0.5) is 4.79 Å². The van der Waals surface area contributed by atoms with Crippen LogP contribution in [0, 0.1) is 0 Å².